The van der Waals surface area contributed by atoms with Gasteiger partial charge in [-0.25, -0.2) is 4.79 Å². The number of rotatable bonds is 0. The number of hydrogen-bond acceptors (Lipinski definition) is 3. The van der Waals surface area contributed by atoms with Gasteiger partial charge in [0.05, 0.1) is 0 Å². The Bertz CT molecular complexity index is 474. The first kappa shape index (κ1) is 11.7. The largest absolute Gasteiger partial charge is 0.458 e. The summed E-state index contributed by atoms with van der Waals surface area (Å²) in [7, 11) is 0. The third-order valence-electron chi connectivity index (χ3n) is 4.87. The van der Waals surface area contributed by atoms with E-state index in [1.165, 1.54) is 5.57 Å². The molecule has 0 spiro atoms. The molecule has 3 aliphatic rings. The van der Waals surface area contributed by atoms with Crippen molar-refractivity contribution in [1.82, 2.24) is 0 Å². The molecule has 0 aromatic carbocycles. The fourth-order valence-corrected chi connectivity index (χ4v) is 3.67. The summed E-state index contributed by atoms with van der Waals surface area (Å²) in [6.07, 6.45) is 3.44. The molecule has 1 heterocycles. The Morgan fingerprint density at radius 1 is 1.22 bits per heavy atom. The molecule has 3 rings (SSSR count). The molecule has 0 radical (unpaired) electrons. The number of carbonyl (C=O) groups excluding carboxylic acids is 2. The first-order chi connectivity index (χ1) is 8.49. The maximum Gasteiger partial charge on any atom is 0.334 e. The number of hydrogen-bond donors (Lipinski definition) is 0. The first-order valence-electron chi connectivity index (χ1n) is 6.64. The van der Waals surface area contributed by atoms with Crippen molar-refractivity contribution in [3.63, 3.8) is 0 Å². The van der Waals surface area contributed by atoms with Crippen molar-refractivity contribution in [3.8, 4) is 0 Å². The standard InChI is InChI=1S/C15H18O3/c1-7-4-14-12(9(3)15(17)18-14)5-11-8(2)13(16)6-10(7)11/h6-8,11-12,14H,3-5H2,1-2H3/t7-,8+,11-,12+,14-/m0/s1. The summed E-state index contributed by atoms with van der Waals surface area (Å²) in [5.41, 5.74) is 1.85. The highest BCUT2D eigenvalue weighted by atomic mass is 16.6. The molecule has 0 bridgehead atoms. The van der Waals surface area contributed by atoms with Crippen molar-refractivity contribution >= 4 is 11.8 Å². The lowest BCUT2D eigenvalue weighted by molar-refractivity contribution is -0.139. The summed E-state index contributed by atoms with van der Waals surface area (Å²) >= 11 is 0. The van der Waals surface area contributed by atoms with Crippen molar-refractivity contribution in [3.05, 3.63) is 23.8 Å². The first-order valence-corrected chi connectivity index (χ1v) is 6.64. The third-order valence-corrected chi connectivity index (χ3v) is 4.87. The van der Waals surface area contributed by atoms with Gasteiger partial charge in [-0.3, -0.25) is 4.79 Å². The highest BCUT2D eigenvalue weighted by Gasteiger charge is 2.47. The summed E-state index contributed by atoms with van der Waals surface area (Å²) in [6, 6.07) is 0. The van der Waals surface area contributed by atoms with E-state index in [1.807, 2.05) is 13.0 Å². The van der Waals surface area contributed by atoms with Gasteiger partial charge in [0.25, 0.3) is 0 Å². The molecule has 0 aromatic heterocycles. The van der Waals surface area contributed by atoms with Gasteiger partial charge in [0.15, 0.2) is 5.78 Å². The Labute approximate surface area is 107 Å². The molecule has 18 heavy (non-hydrogen) atoms. The van der Waals surface area contributed by atoms with Gasteiger partial charge in [-0.1, -0.05) is 26.0 Å². The molecule has 0 N–H and O–H groups in total. The van der Waals surface area contributed by atoms with Gasteiger partial charge in [0.1, 0.15) is 6.10 Å². The Kier molecular flexibility index (Phi) is 2.47. The molecule has 2 aliphatic carbocycles. The average Bonchev–Trinajstić information content (AvgIpc) is 2.68. The summed E-state index contributed by atoms with van der Waals surface area (Å²) < 4.78 is 5.40. The van der Waals surface area contributed by atoms with Gasteiger partial charge < -0.3 is 4.74 Å². The number of ether oxygens (including phenoxy) is 1. The van der Waals surface area contributed by atoms with Crippen LogP contribution in [0.3, 0.4) is 0 Å². The average molecular weight is 246 g/mol. The van der Waals surface area contributed by atoms with Crippen LogP contribution in [0.5, 0.6) is 0 Å². The fraction of sp³-hybridized carbons (Fsp3) is 0.600. The van der Waals surface area contributed by atoms with Crippen LogP contribution >= 0.6 is 0 Å². The van der Waals surface area contributed by atoms with Crippen molar-refractivity contribution in [2.24, 2.45) is 23.7 Å². The Balaban J connectivity index is 1.96. The molecule has 5 atom stereocenters. The normalized spacial score (nSPS) is 43.1. The summed E-state index contributed by atoms with van der Waals surface area (Å²) in [4.78, 5) is 23.4. The topological polar surface area (TPSA) is 43.4 Å². The minimum Gasteiger partial charge on any atom is -0.458 e. The van der Waals surface area contributed by atoms with Gasteiger partial charge >= 0.3 is 5.97 Å². The predicted octanol–water partition coefficient (Wildman–Crippen LogP) is 2.28. The Morgan fingerprint density at radius 3 is 2.67 bits per heavy atom. The summed E-state index contributed by atoms with van der Waals surface area (Å²) in [6.45, 7) is 7.98. The molecule has 0 amide bonds. The number of ketones is 1. The van der Waals surface area contributed by atoms with E-state index in [2.05, 4.69) is 13.5 Å². The lowest BCUT2D eigenvalue weighted by Crippen LogP contribution is -2.20. The van der Waals surface area contributed by atoms with Gasteiger partial charge in [0, 0.05) is 17.4 Å². The van der Waals surface area contributed by atoms with Crippen LogP contribution in [0, 0.1) is 23.7 Å². The number of carbonyl (C=O) groups is 2. The van der Waals surface area contributed by atoms with Crippen LogP contribution in [0.2, 0.25) is 0 Å². The van der Waals surface area contributed by atoms with E-state index in [0.717, 1.165) is 12.8 Å². The van der Waals surface area contributed by atoms with Crippen molar-refractivity contribution in [1.29, 1.82) is 0 Å². The molecule has 96 valence electrons. The molecule has 3 nitrogen and oxygen atoms in total. The maximum absolute atomic E-state index is 11.8. The van der Waals surface area contributed by atoms with Gasteiger partial charge in [-0.15, -0.1) is 0 Å². The lowest BCUT2D eigenvalue weighted by atomic mass is 9.81. The van der Waals surface area contributed by atoms with Crippen LogP contribution in [0.15, 0.2) is 23.8 Å². The Hall–Kier alpha value is -1.38. The van der Waals surface area contributed by atoms with E-state index in [1.54, 1.807) is 0 Å². The molecule has 2 fully saturated rings. The minimum absolute atomic E-state index is 0.0335. The van der Waals surface area contributed by atoms with Crippen LogP contribution in [-0.2, 0) is 14.3 Å². The smallest absolute Gasteiger partial charge is 0.334 e. The molecule has 3 heteroatoms. The van der Waals surface area contributed by atoms with E-state index in [-0.39, 0.29) is 35.6 Å². The SMILES string of the molecule is C=C1C(=O)O[C@H]2C[C@H](C)C3=CC(=O)[C@H](C)[C@@H]3C[C@H]12. The van der Waals surface area contributed by atoms with E-state index in [4.69, 9.17) is 4.74 Å². The zero-order valence-corrected chi connectivity index (χ0v) is 10.8. The fourth-order valence-electron chi connectivity index (χ4n) is 3.67. The molecule has 1 saturated heterocycles. The monoisotopic (exact) mass is 246 g/mol. The van der Waals surface area contributed by atoms with E-state index >= 15 is 0 Å². The van der Waals surface area contributed by atoms with Crippen molar-refractivity contribution in [2.75, 3.05) is 0 Å². The molecule has 0 unspecified atom stereocenters. The second kappa shape index (κ2) is 3.81. The zero-order valence-electron chi connectivity index (χ0n) is 10.8. The quantitative estimate of drug-likeness (QED) is 0.486. The van der Waals surface area contributed by atoms with Gasteiger partial charge in [-0.2, -0.15) is 0 Å². The molecular formula is C15H18O3. The Morgan fingerprint density at radius 2 is 1.94 bits per heavy atom. The third kappa shape index (κ3) is 1.49. The summed E-state index contributed by atoms with van der Waals surface area (Å²) in [5, 5.41) is 0. The van der Waals surface area contributed by atoms with Gasteiger partial charge in [-0.05, 0) is 30.8 Å². The molecule has 1 saturated carbocycles. The van der Waals surface area contributed by atoms with Crippen molar-refractivity contribution < 1.29 is 14.3 Å². The predicted molar refractivity (Wildman–Crippen MR) is 66.7 cm³/mol. The van der Waals surface area contributed by atoms with Crippen LogP contribution in [0.1, 0.15) is 26.7 Å². The highest BCUT2D eigenvalue weighted by molar-refractivity contribution is 5.96. The minimum atomic E-state index is -0.249. The molecule has 1 aliphatic heterocycles. The maximum atomic E-state index is 11.8. The van der Waals surface area contributed by atoms with Crippen LogP contribution in [0.25, 0.3) is 0 Å². The van der Waals surface area contributed by atoms with E-state index in [9.17, 15) is 9.59 Å². The lowest BCUT2D eigenvalue weighted by Gasteiger charge is -2.21. The second-order valence-corrected chi connectivity index (χ2v) is 5.89. The van der Waals surface area contributed by atoms with Crippen LogP contribution in [0.4, 0.5) is 0 Å². The highest BCUT2D eigenvalue weighted by Crippen LogP contribution is 2.48. The van der Waals surface area contributed by atoms with Crippen LogP contribution < -0.4 is 0 Å². The number of fused-ring (bicyclic) bond motifs is 2. The zero-order chi connectivity index (χ0) is 13.0. The number of esters is 1. The molecule has 0 aromatic rings. The summed E-state index contributed by atoms with van der Waals surface area (Å²) in [5.74, 6) is 0.720. The van der Waals surface area contributed by atoms with E-state index in [0.29, 0.717) is 11.5 Å². The van der Waals surface area contributed by atoms with Crippen LogP contribution in [-0.4, -0.2) is 17.9 Å². The molecular weight excluding hydrogens is 228 g/mol. The number of allylic oxidation sites excluding steroid dienone is 2. The van der Waals surface area contributed by atoms with Gasteiger partial charge in [0.2, 0.25) is 0 Å². The van der Waals surface area contributed by atoms with E-state index < -0.39 is 0 Å². The second-order valence-electron chi connectivity index (χ2n) is 5.89. The van der Waals surface area contributed by atoms with Crippen molar-refractivity contribution in [2.45, 2.75) is 32.8 Å².